The third kappa shape index (κ3) is 4.16. The van der Waals surface area contributed by atoms with Crippen molar-refractivity contribution in [2.45, 2.75) is 26.8 Å². The molecule has 128 valence electrons. The summed E-state index contributed by atoms with van der Waals surface area (Å²) in [5.74, 6) is 1.76. The van der Waals surface area contributed by atoms with Crippen molar-refractivity contribution in [2.75, 3.05) is 26.2 Å². The third-order valence-corrected chi connectivity index (χ3v) is 4.51. The molecule has 0 amide bonds. The molecule has 1 N–H and O–H groups in total. The minimum Gasteiger partial charge on any atom is -0.457 e. The van der Waals surface area contributed by atoms with Gasteiger partial charge in [0.1, 0.15) is 11.5 Å². The summed E-state index contributed by atoms with van der Waals surface area (Å²) in [6.45, 7) is 11.3. The molecule has 3 nitrogen and oxygen atoms in total. The number of rotatable bonds is 4. The quantitative estimate of drug-likeness (QED) is 0.898. The number of nitrogens with zero attached hydrogens (tertiary/aromatic N) is 1. The lowest BCUT2D eigenvalue weighted by Crippen LogP contribution is -2.48. The average molecular weight is 324 g/mol. The van der Waals surface area contributed by atoms with Crippen molar-refractivity contribution >= 4 is 0 Å². The van der Waals surface area contributed by atoms with E-state index >= 15 is 0 Å². The first kappa shape index (κ1) is 17.0. The molecule has 1 atom stereocenters. The summed E-state index contributed by atoms with van der Waals surface area (Å²) in [6.07, 6.45) is 0. The van der Waals surface area contributed by atoms with Gasteiger partial charge in [0, 0.05) is 32.2 Å². The minimum absolute atomic E-state index is 0.194. The van der Waals surface area contributed by atoms with Crippen molar-refractivity contribution in [1.82, 2.24) is 10.2 Å². The van der Waals surface area contributed by atoms with E-state index in [-0.39, 0.29) is 5.41 Å². The molecule has 0 aromatic heterocycles. The number of hydrogen-bond donors (Lipinski definition) is 1. The smallest absolute Gasteiger partial charge is 0.127 e. The Bertz CT molecular complexity index is 625. The van der Waals surface area contributed by atoms with Crippen molar-refractivity contribution in [3.63, 3.8) is 0 Å². The fraction of sp³-hybridized carbons (Fsp3) is 0.429. The second kappa shape index (κ2) is 7.37. The van der Waals surface area contributed by atoms with Crippen LogP contribution < -0.4 is 10.1 Å². The maximum absolute atomic E-state index is 5.92. The summed E-state index contributed by atoms with van der Waals surface area (Å²) in [5, 5.41) is 3.45. The average Bonchev–Trinajstić information content (AvgIpc) is 2.57. The highest BCUT2D eigenvalue weighted by atomic mass is 16.5. The SMILES string of the molecule is CC(C)(C)[C@@H](c1ccc(Oc2ccccc2)cc1)N1CCNCC1. The van der Waals surface area contributed by atoms with Crippen LogP contribution in [0.2, 0.25) is 0 Å². The van der Waals surface area contributed by atoms with E-state index < -0.39 is 0 Å². The fourth-order valence-corrected chi connectivity index (χ4v) is 3.54. The van der Waals surface area contributed by atoms with Gasteiger partial charge in [-0.1, -0.05) is 51.1 Å². The molecule has 3 heteroatoms. The zero-order chi connectivity index (χ0) is 17.0. The molecule has 24 heavy (non-hydrogen) atoms. The van der Waals surface area contributed by atoms with Gasteiger partial charge in [-0.25, -0.2) is 0 Å². The van der Waals surface area contributed by atoms with E-state index in [0.717, 1.165) is 37.7 Å². The molecule has 0 saturated carbocycles. The molecule has 2 aromatic carbocycles. The summed E-state index contributed by atoms with van der Waals surface area (Å²) in [4.78, 5) is 2.60. The van der Waals surface area contributed by atoms with E-state index in [1.807, 2.05) is 30.3 Å². The Morgan fingerprint density at radius 3 is 2.04 bits per heavy atom. The largest absolute Gasteiger partial charge is 0.457 e. The molecule has 0 unspecified atom stereocenters. The Morgan fingerprint density at radius 2 is 1.46 bits per heavy atom. The van der Waals surface area contributed by atoms with Gasteiger partial charge in [-0.05, 0) is 35.2 Å². The Hall–Kier alpha value is -1.84. The fourth-order valence-electron chi connectivity index (χ4n) is 3.54. The first-order valence-corrected chi connectivity index (χ1v) is 8.82. The molecule has 1 aliphatic heterocycles. The monoisotopic (exact) mass is 324 g/mol. The molecular weight excluding hydrogens is 296 g/mol. The summed E-state index contributed by atoms with van der Waals surface area (Å²) >= 11 is 0. The van der Waals surface area contributed by atoms with Gasteiger partial charge in [0.05, 0.1) is 0 Å². The highest BCUT2D eigenvalue weighted by Crippen LogP contribution is 2.38. The standard InChI is InChI=1S/C21H28N2O/c1-21(2,3)20(23-15-13-22-14-16-23)17-9-11-19(12-10-17)24-18-7-5-4-6-8-18/h4-12,20,22H,13-16H2,1-3H3/t20-/m1/s1. The van der Waals surface area contributed by atoms with Gasteiger partial charge in [0.25, 0.3) is 0 Å². The summed E-state index contributed by atoms with van der Waals surface area (Å²) in [7, 11) is 0. The summed E-state index contributed by atoms with van der Waals surface area (Å²) in [5.41, 5.74) is 1.56. The zero-order valence-corrected chi connectivity index (χ0v) is 15.0. The molecular formula is C21H28N2O. The Balaban J connectivity index is 1.78. The van der Waals surface area contributed by atoms with E-state index in [1.54, 1.807) is 0 Å². The maximum atomic E-state index is 5.92. The molecule has 3 rings (SSSR count). The first-order chi connectivity index (χ1) is 11.5. The molecule has 0 bridgehead atoms. The lowest BCUT2D eigenvalue weighted by Gasteiger charge is -2.42. The number of nitrogens with one attached hydrogen (secondary N) is 1. The van der Waals surface area contributed by atoms with Crippen LogP contribution in [-0.4, -0.2) is 31.1 Å². The summed E-state index contributed by atoms with van der Waals surface area (Å²) in [6, 6.07) is 19.0. The highest BCUT2D eigenvalue weighted by Gasteiger charge is 2.32. The van der Waals surface area contributed by atoms with Gasteiger partial charge in [0.2, 0.25) is 0 Å². The Labute approximate surface area is 145 Å². The van der Waals surface area contributed by atoms with Crippen molar-refractivity contribution in [1.29, 1.82) is 0 Å². The second-order valence-electron chi connectivity index (χ2n) is 7.54. The van der Waals surface area contributed by atoms with Crippen molar-refractivity contribution in [3.05, 3.63) is 60.2 Å². The van der Waals surface area contributed by atoms with Crippen LogP contribution in [0.5, 0.6) is 11.5 Å². The van der Waals surface area contributed by atoms with E-state index in [0.29, 0.717) is 6.04 Å². The number of piperazine rings is 1. The third-order valence-electron chi connectivity index (χ3n) is 4.51. The minimum atomic E-state index is 0.194. The molecule has 0 aliphatic carbocycles. The molecule has 0 radical (unpaired) electrons. The van der Waals surface area contributed by atoms with E-state index in [9.17, 15) is 0 Å². The number of ether oxygens (including phenoxy) is 1. The van der Waals surface area contributed by atoms with Gasteiger partial charge in [-0.3, -0.25) is 4.90 Å². The van der Waals surface area contributed by atoms with E-state index in [1.165, 1.54) is 5.56 Å². The number of para-hydroxylation sites is 1. The lowest BCUT2D eigenvalue weighted by atomic mass is 9.81. The maximum Gasteiger partial charge on any atom is 0.127 e. The second-order valence-corrected chi connectivity index (χ2v) is 7.54. The number of benzene rings is 2. The first-order valence-electron chi connectivity index (χ1n) is 8.82. The van der Waals surface area contributed by atoms with E-state index in [4.69, 9.17) is 4.74 Å². The predicted molar refractivity (Wildman–Crippen MR) is 99.6 cm³/mol. The van der Waals surface area contributed by atoms with Crippen molar-refractivity contribution < 1.29 is 4.74 Å². The van der Waals surface area contributed by atoms with Crippen LogP contribution in [-0.2, 0) is 0 Å². The molecule has 2 aromatic rings. The molecule has 1 fully saturated rings. The van der Waals surface area contributed by atoms with Crippen LogP contribution in [0.15, 0.2) is 54.6 Å². The number of hydrogen-bond acceptors (Lipinski definition) is 3. The predicted octanol–water partition coefficient (Wildman–Crippen LogP) is 4.47. The van der Waals surface area contributed by atoms with Gasteiger partial charge in [0.15, 0.2) is 0 Å². The highest BCUT2D eigenvalue weighted by molar-refractivity contribution is 5.34. The van der Waals surface area contributed by atoms with Gasteiger partial charge < -0.3 is 10.1 Å². The van der Waals surface area contributed by atoms with Crippen molar-refractivity contribution in [3.8, 4) is 11.5 Å². The molecule has 1 aliphatic rings. The van der Waals surface area contributed by atoms with Crippen LogP contribution >= 0.6 is 0 Å². The zero-order valence-electron chi connectivity index (χ0n) is 15.0. The van der Waals surface area contributed by atoms with Crippen LogP contribution in [0.3, 0.4) is 0 Å². The topological polar surface area (TPSA) is 24.5 Å². The summed E-state index contributed by atoms with van der Waals surface area (Å²) < 4.78 is 5.92. The molecule has 1 saturated heterocycles. The van der Waals surface area contributed by atoms with Crippen LogP contribution in [0, 0.1) is 5.41 Å². The van der Waals surface area contributed by atoms with Crippen LogP contribution in [0.4, 0.5) is 0 Å². The van der Waals surface area contributed by atoms with Gasteiger partial charge >= 0.3 is 0 Å². The Morgan fingerprint density at radius 1 is 0.875 bits per heavy atom. The lowest BCUT2D eigenvalue weighted by molar-refractivity contribution is 0.0862. The molecule has 1 heterocycles. The molecule has 0 spiro atoms. The van der Waals surface area contributed by atoms with Gasteiger partial charge in [-0.15, -0.1) is 0 Å². The van der Waals surface area contributed by atoms with E-state index in [2.05, 4.69) is 55.3 Å². The van der Waals surface area contributed by atoms with Gasteiger partial charge in [-0.2, -0.15) is 0 Å². The Kier molecular flexibility index (Phi) is 5.22. The normalized spacial score (nSPS) is 17.5. The van der Waals surface area contributed by atoms with Crippen LogP contribution in [0.1, 0.15) is 32.4 Å². The van der Waals surface area contributed by atoms with Crippen molar-refractivity contribution in [2.24, 2.45) is 5.41 Å². The van der Waals surface area contributed by atoms with Crippen LogP contribution in [0.25, 0.3) is 0 Å².